The molecule has 3 nitrogen and oxygen atoms in total. The van der Waals surface area contributed by atoms with Gasteiger partial charge >= 0.3 is 0 Å². The molecule has 0 bridgehead atoms. The van der Waals surface area contributed by atoms with Crippen molar-refractivity contribution >= 4 is 11.3 Å². The summed E-state index contributed by atoms with van der Waals surface area (Å²) in [6, 6.07) is 12.4. The second kappa shape index (κ2) is 8.02. The first-order valence-corrected chi connectivity index (χ1v) is 8.56. The number of hydrogen-bond donors (Lipinski definition) is 0. The molecular weight excluding hydrogens is 300 g/mol. The average Bonchev–Trinajstić information content (AvgIpc) is 3.17. The van der Waals surface area contributed by atoms with Crippen LogP contribution in [0.2, 0.25) is 0 Å². The zero-order chi connectivity index (χ0) is 16.8. The van der Waals surface area contributed by atoms with Gasteiger partial charge in [0.05, 0.1) is 6.26 Å². The van der Waals surface area contributed by atoms with Crippen molar-refractivity contribution in [1.82, 2.24) is 0 Å². The number of unbranched alkanes of at least 4 members (excludes halogenated alkanes) is 2. The predicted molar refractivity (Wildman–Crippen MR) is 96.2 cm³/mol. The fourth-order valence-corrected chi connectivity index (χ4v) is 2.87. The number of methoxy groups -OCH3 is 1. The third-order valence-electron chi connectivity index (χ3n) is 4.24. The van der Waals surface area contributed by atoms with E-state index in [-0.39, 0.29) is 0 Å². The standard InChI is InChI=1S/C21H24O3/c1-3-4-5-7-16-9-11-17(12-10-16)18-13-14-20(24-21(18)22-2)19-8-6-15-23-19/h6,8-15,21H,3-5,7H2,1-2H3. The van der Waals surface area contributed by atoms with Crippen LogP contribution in [0.1, 0.15) is 43.1 Å². The molecule has 1 unspecified atom stereocenters. The van der Waals surface area contributed by atoms with Crippen LogP contribution in [0.4, 0.5) is 0 Å². The molecule has 2 heterocycles. The number of rotatable bonds is 7. The lowest BCUT2D eigenvalue weighted by atomic mass is 9.99. The normalized spacial score (nSPS) is 17.2. The predicted octanol–water partition coefficient (Wildman–Crippen LogP) is 5.44. The highest BCUT2D eigenvalue weighted by molar-refractivity contribution is 5.75. The molecule has 2 aromatic rings. The Morgan fingerprint density at radius 3 is 2.54 bits per heavy atom. The SMILES string of the molecule is CCCCCc1ccc(C2=CC=C(c3ccco3)OC2OC)cc1. The third kappa shape index (κ3) is 3.80. The van der Waals surface area contributed by atoms with Gasteiger partial charge in [0, 0.05) is 12.7 Å². The molecule has 0 spiro atoms. The summed E-state index contributed by atoms with van der Waals surface area (Å²) in [4.78, 5) is 0. The van der Waals surface area contributed by atoms with Crippen LogP contribution in [0.25, 0.3) is 11.3 Å². The lowest BCUT2D eigenvalue weighted by molar-refractivity contribution is -0.0296. The highest BCUT2D eigenvalue weighted by Crippen LogP contribution is 2.31. The smallest absolute Gasteiger partial charge is 0.227 e. The first-order valence-electron chi connectivity index (χ1n) is 8.56. The number of benzene rings is 1. The summed E-state index contributed by atoms with van der Waals surface area (Å²) < 4.78 is 16.8. The summed E-state index contributed by atoms with van der Waals surface area (Å²) in [7, 11) is 1.66. The largest absolute Gasteiger partial charge is 0.461 e. The fourth-order valence-electron chi connectivity index (χ4n) is 2.87. The van der Waals surface area contributed by atoms with Gasteiger partial charge in [-0.15, -0.1) is 0 Å². The summed E-state index contributed by atoms with van der Waals surface area (Å²) in [5, 5.41) is 0. The lowest BCUT2D eigenvalue weighted by Crippen LogP contribution is -2.19. The van der Waals surface area contributed by atoms with Crippen molar-refractivity contribution in [1.29, 1.82) is 0 Å². The minimum Gasteiger partial charge on any atom is -0.461 e. The van der Waals surface area contributed by atoms with Crippen molar-refractivity contribution in [2.45, 2.75) is 38.9 Å². The first-order chi connectivity index (χ1) is 11.8. The maximum atomic E-state index is 5.93. The molecule has 0 aliphatic carbocycles. The van der Waals surface area contributed by atoms with Crippen molar-refractivity contribution in [3.8, 4) is 0 Å². The summed E-state index contributed by atoms with van der Waals surface area (Å²) in [6.45, 7) is 2.23. The summed E-state index contributed by atoms with van der Waals surface area (Å²) in [5.74, 6) is 1.39. The number of hydrogen-bond acceptors (Lipinski definition) is 3. The van der Waals surface area contributed by atoms with Gasteiger partial charge in [-0.25, -0.2) is 0 Å². The molecule has 3 rings (SSSR count). The van der Waals surface area contributed by atoms with E-state index in [0.29, 0.717) is 11.5 Å². The Hall–Kier alpha value is -2.26. The molecule has 24 heavy (non-hydrogen) atoms. The Morgan fingerprint density at radius 1 is 1.04 bits per heavy atom. The second-order valence-corrected chi connectivity index (χ2v) is 5.97. The number of furan rings is 1. The van der Waals surface area contributed by atoms with Gasteiger partial charge in [0.2, 0.25) is 6.29 Å². The van der Waals surface area contributed by atoms with Gasteiger partial charge in [-0.2, -0.15) is 0 Å². The zero-order valence-corrected chi connectivity index (χ0v) is 14.3. The highest BCUT2D eigenvalue weighted by atomic mass is 16.7. The van der Waals surface area contributed by atoms with Crippen LogP contribution in [-0.2, 0) is 15.9 Å². The van der Waals surface area contributed by atoms with Gasteiger partial charge in [-0.05, 0) is 48.3 Å². The molecule has 126 valence electrons. The van der Waals surface area contributed by atoms with E-state index in [2.05, 4.69) is 31.2 Å². The highest BCUT2D eigenvalue weighted by Gasteiger charge is 2.23. The molecule has 0 radical (unpaired) electrons. The van der Waals surface area contributed by atoms with Gasteiger partial charge in [0.25, 0.3) is 0 Å². The quantitative estimate of drug-likeness (QED) is 0.636. The van der Waals surface area contributed by atoms with Crippen LogP contribution in [0, 0.1) is 0 Å². The minimum atomic E-state index is -0.430. The van der Waals surface area contributed by atoms with E-state index >= 15 is 0 Å². The van der Waals surface area contributed by atoms with E-state index in [9.17, 15) is 0 Å². The molecule has 1 atom stereocenters. The number of ether oxygens (including phenoxy) is 2. The zero-order valence-electron chi connectivity index (χ0n) is 14.3. The van der Waals surface area contributed by atoms with Crippen molar-refractivity contribution in [3.05, 3.63) is 71.7 Å². The van der Waals surface area contributed by atoms with Crippen LogP contribution in [0.15, 0.2) is 59.2 Å². The maximum absolute atomic E-state index is 5.93. The Bertz CT molecular complexity index is 693. The molecule has 1 aromatic heterocycles. The molecule has 0 N–H and O–H groups in total. The summed E-state index contributed by atoms with van der Waals surface area (Å²) >= 11 is 0. The van der Waals surface area contributed by atoms with E-state index in [1.165, 1.54) is 24.8 Å². The number of aryl methyl sites for hydroxylation is 1. The van der Waals surface area contributed by atoms with Crippen LogP contribution in [-0.4, -0.2) is 13.4 Å². The van der Waals surface area contributed by atoms with Crippen molar-refractivity contribution in [3.63, 3.8) is 0 Å². The summed E-state index contributed by atoms with van der Waals surface area (Å²) in [6.07, 6.45) is 10.1. The fraction of sp³-hybridized carbons (Fsp3) is 0.333. The molecule has 1 aliphatic heterocycles. The average molecular weight is 324 g/mol. The van der Waals surface area contributed by atoms with Crippen LogP contribution in [0.5, 0.6) is 0 Å². The Labute approximate surface area is 143 Å². The third-order valence-corrected chi connectivity index (χ3v) is 4.24. The Kier molecular flexibility index (Phi) is 5.55. The molecule has 0 saturated carbocycles. The van der Waals surface area contributed by atoms with Crippen molar-refractivity contribution < 1.29 is 13.9 Å². The van der Waals surface area contributed by atoms with Crippen LogP contribution in [0.3, 0.4) is 0 Å². The van der Waals surface area contributed by atoms with Crippen molar-refractivity contribution in [2.24, 2.45) is 0 Å². The van der Waals surface area contributed by atoms with E-state index in [4.69, 9.17) is 13.9 Å². The second-order valence-electron chi connectivity index (χ2n) is 5.97. The van der Waals surface area contributed by atoms with Gasteiger partial charge in [-0.3, -0.25) is 0 Å². The lowest BCUT2D eigenvalue weighted by Gasteiger charge is -2.24. The molecule has 3 heteroatoms. The molecule has 0 saturated heterocycles. The molecule has 0 amide bonds. The van der Waals surface area contributed by atoms with Crippen LogP contribution < -0.4 is 0 Å². The molecule has 1 aromatic carbocycles. The number of allylic oxidation sites excluding steroid dienone is 2. The maximum Gasteiger partial charge on any atom is 0.227 e. The Balaban J connectivity index is 1.77. The van der Waals surface area contributed by atoms with Gasteiger partial charge in [-0.1, -0.05) is 44.0 Å². The summed E-state index contributed by atoms with van der Waals surface area (Å²) in [5.41, 5.74) is 3.52. The van der Waals surface area contributed by atoms with Gasteiger partial charge < -0.3 is 13.9 Å². The van der Waals surface area contributed by atoms with Crippen LogP contribution >= 0.6 is 0 Å². The Morgan fingerprint density at radius 2 is 1.88 bits per heavy atom. The van der Waals surface area contributed by atoms with E-state index in [1.807, 2.05) is 24.3 Å². The van der Waals surface area contributed by atoms with Gasteiger partial charge in [0.15, 0.2) is 11.5 Å². The molecule has 1 aliphatic rings. The first kappa shape index (κ1) is 16.6. The molecule has 0 fully saturated rings. The van der Waals surface area contributed by atoms with E-state index in [0.717, 1.165) is 17.6 Å². The topological polar surface area (TPSA) is 31.6 Å². The monoisotopic (exact) mass is 324 g/mol. The minimum absolute atomic E-state index is 0.430. The van der Waals surface area contributed by atoms with Crippen molar-refractivity contribution in [2.75, 3.05) is 7.11 Å². The molecular formula is C21H24O3. The van der Waals surface area contributed by atoms with Gasteiger partial charge in [0.1, 0.15) is 0 Å². The van der Waals surface area contributed by atoms with E-state index in [1.54, 1.807) is 13.4 Å². The van der Waals surface area contributed by atoms with E-state index < -0.39 is 6.29 Å².